The molecule has 1 aromatic carbocycles. The number of aromatic carboxylic acids is 1. The van der Waals surface area contributed by atoms with Crippen LogP contribution in [0.2, 0.25) is 0 Å². The van der Waals surface area contributed by atoms with Crippen LogP contribution in [0.25, 0.3) is 0 Å². The number of hydrazone groups is 1. The summed E-state index contributed by atoms with van der Waals surface area (Å²) in [5.74, 6) is -0.278. The summed E-state index contributed by atoms with van der Waals surface area (Å²) in [6.45, 7) is 0. The topological polar surface area (TPSA) is 83.8 Å². The third-order valence-corrected chi connectivity index (χ3v) is 2.96. The Morgan fingerprint density at radius 2 is 2.15 bits per heavy atom. The SMILES string of the molecule is COc1ccc(C=NNc2nc(C(=O)O)cs2)cc1.[Br-]. The minimum Gasteiger partial charge on any atom is -1.00 e. The van der Waals surface area contributed by atoms with Gasteiger partial charge in [0.25, 0.3) is 0 Å². The maximum atomic E-state index is 10.6. The van der Waals surface area contributed by atoms with Crippen LogP contribution in [0.4, 0.5) is 5.13 Å². The smallest absolute Gasteiger partial charge is 0.355 e. The van der Waals surface area contributed by atoms with Gasteiger partial charge in [0, 0.05) is 5.38 Å². The van der Waals surface area contributed by atoms with Crippen molar-refractivity contribution in [2.24, 2.45) is 5.10 Å². The Morgan fingerprint density at radius 1 is 1.45 bits per heavy atom. The number of carbonyl (C=O) groups is 1. The molecule has 2 N–H and O–H groups in total. The van der Waals surface area contributed by atoms with Crippen molar-refractivity contribution in [1.82, 2.24) is 4.98 Å². The van der Waals surface area contributed by atoms with Crippen LogP contribution in [-0.4, -0.2) is 29.4 Å². The van der Waals surface area contributed by atoms with Gasteiger partial charge in [-0.05, 0) is 29.8 Å². The molecular formula is C12H11BrN3O3S-. The minimum absolute atomic E-state index is 0. The maximum Gasteiger partial charge on any atom is 0.355 e. The number of halogens is 1. The predicted octanol–water partition coefficient (Wildman–Crippen LogP) is -0.700. The van der Waals surface area contributed by atoms with E-state index >= 15 is 0 Å². The molecule has 20 heavy (non-hydrogen) atoms. The Balaban J connectivity index is 0.00000200. The molecule has 0 radical (unpaired) electrons. The summed E-state index contributed by atoms with van der Waals surface area (Å²) < 4.78 is 5.04. The van der Waals surface area contributed by atoms with Crippen molar-refractivity contribution in [1.29, 1.82) is 0 Å². The number of aromatic nitrogens is 1. The van der Waals surface area contributed by atoms with Gasteiger partial charge >= 0.3 is 5.97 Å². The van der Waals surface area contributed by atoms with Gasteiger partial charge in [-0.25, -0.2) is 9.78 Å². The number of methoxy groups -OCH3 is 1. The second-order valence-corrected chi connectivity index (χ2v) is 4.34. The van der Waals surface area contributed by atoms with E-state index < -0.39 is 5.97 Å². The summed E-state index contributed by atoms with van der Waals surface area (Å²) in [5, 5.41) is 14.6. The standard InChI is InChI=1S/C12H11N3O3S.BrH/c1-18-9-4-2-8(3-5-9)6-13-15-12-14-10(7-19-12)11(16)17;/h2-7H,1H3,(H,14,15)(H,16,17);1H/p-1. The zero-order valence-electron chi connectivity index (χ0n) is 10.4. The molecule has 0 fully saturated rings. The molecular weight excluding hydrogens is 346 g/mol. The van der Waals surface area contributed by atoms with Gasteiger partial charge in [0.1, 0.15) is 5.75 Å². The lowest BCUT2D eigenvalue weighted by molar-refractivity contribution is -0.0000195. The first kappa shape index (κ1) is 16.1. The van der Waals surface area contributed by atoms with E-state index in [-0.39, 0.29) is 22.7 Å². The largest absolute Gasteiger partial charge is 1.00 e. The Morgan fingerprint density at radius 3 is 2.70 bits per heavy atom. The normalized spacial score (nSPS) is 10.1. The number of rotatable bonds is 5. The molecule has 0 spiro atoms. The molecule has 0 aliphatic carbocycles. The van der Waals surface area contributed by atoms with Crippen molar-refractivity contribution in [3.63, 3.8) is 0 Å². The predicted molar refractivity (Wildman–Crippen MR) is 73.3 cm³/mol. The minimum atomic E-state index is -1.05. The highest BCUT2D eigenvalue weighted by Crippen LogP contribution is 2.15. The molecule has 0 atom stereocenters. The third kappa shape index (κ3) is 4.32. The van der Waals surface area contributed by atoms with Gasteiger partial charge in [-0.3, -0.25) is 5.43 Å². The van der Waals surface area contributed by atoms with Crippen molar-refractivity contribution < 1.29 is 31.6 Å². The highest BCUT2D eigenvalue weighted by Gasteiger charge is 2.07. The Kier molecular flexibility index (Phi) is 6.13. The molecule has 2 rings (SSSR count). The second-order valence-electron chi connectivity index (χ2n) is 3.49. The van der Waals surface area contributed by atoms with Crippen molar-refractivity contribution >= 4 is 28.7 Å². The molecule has 1 aromatic heterocycles. The molecule has 0 aliphatic heterocycles. The quantitative estimate of drug-likeness (QED) is 0.546. The maximum absolute atomic E-state index is 10.6. The van der Waals surface area contributed by atoms with E-state index in [0.29, 0.717) is 5.13 Å². The number of carboxylic acid groups (broad SMARTS) is 1. The Bertz CT molecular complexity index is 598. The van der Waals surface area contributed by atoms with Gasteiger partial charge in [-0.15, -0.1) is 11.3 Å². The highest BCUT2D eigenvalue weighted by atomic mass is 79.9. The summed E-state index contributed by atoms with van der Waals surface area (Å²) in [5.41, 5.74) is 3.58. The van der Waals surface area contributed by atoms with Gasteiger partial charge in [0.15, 0.2) is 5.69 Å². The summed E-state index contributed by atoms with van der Waals surface area (Å²) >= 11 is 1.18. The first-order valence-corrected chi connectivity index (χ1v) is 6.19. The van der Waals surface area contributed by atoms with Gasteiger partial charge in [0.05, 0.1) is 13.3 Å². The zero-order chi connectivity index (χ0) is 13.7. The molecule has 0 saturated carbocycles. The Labute approximate surface area is 129 Å². The van der Waals surface area contributed by atoms with Crippen LogP contribution >= 0.6 is 11.3 Å². The summed E-state index contributed by atoms with van der Waals surface area (Å²) in [7, 11) is 1.60. The average Bonchev–Trinajstić information content (AvgIpc) is 2.89. The van der Waals surface area contributed by atoms with Crippen molar-refractivity contribution in [3.05, 3.63) is 40.9 Å². The molecule has 0 amide bonds. The number of ether oxygens (including phenoxy) is 1. The molecule has 1 heterocycles. The van der Waals surface area contributed by atoms with Crippen molar-refractivity contribution in [2.45, 2.75) is 0 Å². The zero-order valence-corrected chi connectivity index (χ0v) is 12.8. The van der Waals surface area contributed by atoms with Crippen LogP contribution in [0.3, 0.4) is 0 Å². The highest BCUT2D eigenvalue weighted by molar-refractivity contribution is 7.13. The fraction of sp³-hybridized carbons (Fsp3) is 0.0833. The molecule has 0 bridgehead atoms. The number of hydrogen-bond donors (Lipinski definition) is 2. The van der Waals surface area contributed by atoms with Gasteiger partial charge in [0.2, 0.25) is 5.13 Å². The third-order valence-electron chi connectivity index (χ3n) is 2.21. The van der Waals surface area contributed by atoms with E-state index in [2.05, 4.69) is 15.5 Å². The Hall–Kier alpha value is -1.93. The van der Waals surface area contributed by atoms with Crippen LogP contribution in [0.1, 0.15) is 16.1 Å². The molecule has 6 nitrogen and oxygen atoms in total. The summed E-state index contributed by atoms with van der Waals surface area (Å²) in [6.07, 6.45) is 1.61. The lowest BCUT2D eigenvalue weighted by Crippen LogP contribution is -3.00. The number of benzene rings is 1. The number of anilines is 1. The fourth-order valence-corrected chi connectivity index (χ4v) is 1.91. The number of thiazole rings is 1. The van der Waals surface area contributed by atoms with Crippen molar-refractivity contribution in [2.75, 3.05) is 12.5 Å². The average molecular weight is 357 g/mol. The number of carboxylic acids is 1. The molecule has 0 unspecified atom stereocenters. The van der Waals surface area contributed by atoms with Crippen LogP contribution < -0.4 is 27.1 Å². The lowest BCUT2D eigenvalue weighted by Gasteiger charge is -1.98. The van der Waals surface area contributed by atoms with Crippen LogP contribution in [-0.2, 0) is 0 Å². The van der Waals surface area contributed by atoms with Gasteiger partial charge in [-0.2, -0.15) is 5.10 Å². The molecule has 8 heteroatoms. The van der Waals surface area contributed by atoms with Crippen LogP contribution in [0.5, 0.6) is 5.75 Å². The van der Waals surface area contributed by atoms with E-state index in [0.717, 1.165) is 11.3 Å². The number of hydrogen-bond acceptors (Lipinski definition) is 6. The van der Waals surface area contributed by atoms with Crippen molar-refractivity contribution in [3.8, 4) is 5.75 Å². The van der Waals surface area contributed by atoms with Gasteiger partial charge < -0.3 is 26.8 Å². The van der Waals surface area contributed by atoms with Gasteiger partial charge in [-0.1, -0.05) is 0 Å². The van der Waals surface area contributed by atoms with E-state index in [1.54, 1.807) is 13.3 Å². The summed E-state index contributed by atoms with van der Waals surface area (Å²) in [4.78, 5) is 14.5. The molecule has 0 saturated heterocycles. The van der Waals surface area contributed by atoms with E-state index in [1.807, 2.05) is 24.3 Å². The number of nitrogens with zero attached hydrogens (tertiary/aromatic N) is 2. The van der Waals surface area contributed by atoms with Crippen LogP contribution in [0, 0.1) is 0 Å². The molecule has 106 valence electrons. The first-order chi connectivity index (χ1) is 9.19. The van der Waals surface area contributed by atoms with E-state index in [4.69, 9.17) is 9.84 Å². The fourth-order valence-electron chi connectivity index (χ4n) is 1.28. The summed E-state index contributed by atoms with van der Waals surface area (Å²) in [6, 6.07) is 7.36. The lowest BCUT2D eigenvalue weighted by atomic mass is 10.2. The number of nitrogens with one attached hydrogen (secondary N) is 1. The van der Waals surface area contributed by atoms with E-state index in [9.17, 15) is 4.79 Å². The van der Waals surface area contributed by atoms with E-state index in [1.165, 1.54) is 16.7 Å². The first-order valence-electron chi connectivity index (χ1n) is 5.31. The van der Waals surface area contributed by atoms with Crippen LogP contribution in [0.15, 0.2) is 34.7 Å². The molecule has 0 aliphatic rings. The second kappa shape index (κ2) is 7.61. The monoisotopic (exact) mass is 356 g/mol. The molecule has 2 aromatic rings.